The van der Waals surface area contributed by atoms with E-state index in [9.17, 15) is 14.9 Å². The maximum absolute atomic E-state index is 13.4. The third-order valence-corrected chi connectivity index (χ3v) is 5.99. The van der Waals surface area contributed by atoms with Crippen molar-refractivity contribution in [1.29, 1.82) is 0 Å². The van der Waals surface area contributed by atoms with Crippen molar-refractivity contribution in [3.05, 3.63) is 111 Å². The first kappa shape index (κ1) is 19.1. The smallest absolute Gasteiger partial charge is 0.269 e. The van der Waals surface area contributed by atoms with Crippen molar-refractivity contribution in [1.82, 2.24) is 0 Å². The van der Waals surface area contributed by atoms with Gasteiger partial charge in [0, 0.05) is 29.8 Å². The van der Waals surface area contributed by atoms with Crippen molar-refractivity contribution in [3.63, 3.8) is 0 Å². The van der Waals surface area contributed by atoms with Gasteiger partial charge < -0.3 is 10.6 Å². The molecule has 0 bridgehead atoms. The normalized spacial score (nSPS) is 20.1. The highest BCUT2D eigenvalue weighted by atomic mass is 16.6. The van der Waals surface area contributed by atoms with Gasteiger partial charge in [-0.2, -0.15) is 0 Å². The van der Waals surface area contributed by atoms with E-state index in [-0.39, 0.29) is 17.4 Å². The first-order valence-electron chi connectivity index (χ1n) is 10.3. The number of ketones is 1. The second-order valence-electron chi connectivity index (χ2n) is 7.93. The first-order chi connectivity index (χ1) is 15.1. The number of nitrogens with zero attached hydrogens (tertiary/aromatic N) is 1. The van der Waals surface area contributed by atoms with E-state index in [2.05, 4.69) is 22.8 Å². The molecule has 154 valence electrons. The van der Waals surface area contributed by atoms with Gasteiger partial charge in [-0.05, 0) is 35.6 Å². The zero-order chi connectivity index (χ0) is 21.4. The molecule has 0 amide bonds. The molecule has 3 aromatic rings. The van der Waals surface area contributed by atoms with Gasteiger partial charge in [-0.3, -0.25) is 14.9 Å². The number of fused-ring (bicyclic) bond motifs is 1. The number of carbonyl (C=O) groups excluding carboxylic acids is 1. The molecule has 5 rings (SSSR count). The van der Waals surface area contributed by atoms with E-state index < -0.39 is 11.0 Å². The van der Waals surface area contributed by atoms with Gasteiger partial charge >= 0.3 is 0 Å². The SMILES string of the molecule is O=C1C[C@H](c2ccccc2)CC2=C1[C@@H](c1cccc([N+](=O)[O-])c1)Nc1ccccc1N2. The van der Waals surface area contributed by atoms with Gasteiger partial charge in [-0.1, -0.05) is 54.6 Å². The molecule has 1 aliphatic carbocycles. The number of nitro benzene ring substituents is 1. The fraction of sp³-hybridized carbons (Fsp3) is 0.160. The Morgan fingerprint density at radius 3 is 2.32 bits per heavy atom. The minimum absolute atomic E-state index is 0.0114. The van der Waals surface area contributed by atoms with Crippen LogP contribution < -0.4 is 10.6 Å². The maximum atomic E-state index is 13.4. The summed E-state index contributed by atoms with van der Waals surface area (Å²) in [6.07, 6.45) is 1.11. The molecule has 2 atom stereocenters. The quantitative estimate of drug-likeness (QED) is 0.434. The Bertz CT molecular complexity index is 1200. The number of rotatable bonds is 3. The summed E-state index contributed by atoms with van der Waals surface area (Å²) in [5, 5.41) is 18.3. The number of hydrogen-bond donors (Lipinski definition) is 2. The van der Waals surface area contributed by atoms with Gasteiger partial charge in [-0.15, -0.1) is 0 Å². The molecule has 3 aromatic carbocycles. The van der Waals surface area contributed by atoms with Gasteiger partial charge in [0.05, 0.1) is 22.3 Å². The van der Waals surface area contributed by atoms with Crippen molar-refractivity contribution in [2.45, 2.75) is 24.8 Å². The van der Waals surface area contributed by atoms with Gasteiger partial charge in [0.2, 0.25) is 0 Å². The average molecular weight is 411 g/mol. The molecule has 0 radical (unpaired) electrons. The molecule has 0 saturated heterocycles. The Balaban J connectivity index is 1.63. The predicted octanol–water partition coefficient (Wildman–Crippen LogP) is 5.57. The average Bonchev–Trinajstić information content (AvgIpc) is 2.96. The van der Waals surface area contributed by atoms with Crippen molar-refractivity contribution in [2.75, 3.05) is 10.6 Å². The highest BCUT2D eigenvalue weighted by Gasteiger charge is 2.36. The molecule has 0 saturated carbocycles. The van der Waals surface area contributed by atoms with Crippen LogP contribution >= 0.6 is 0 Å². The van der Waals surface area contributed by atoms with Crippen LogP contribution in [0.5, 0.6) is 0 Å². The predicted molar refractivity (Wildman–Crippen MR) is 120 cm³/mol. The molecule has 0 unspecified atom stereocenters. The molecular weight excluding hydrogens is 390 g/mol. The summed E-state index contributed by atoms with van der Waals surface area (Å²) in [5.74, 6) is 0.149. The van der Waals surface area contributed by atoms with Crippen LogP contribution in [0.25, 0.3) is 0 Å². The summed E-state index contributed by atoms with van der Waals surface area (Å²) in [6, 6.07) is 23.9. The van der Waals surface area contributed by atoms with Gasteiger partial charge in [0.25, 0.3) is 5.69 Å². The summed E-state index contributed by atoms with van der Waals surface area (Å²) in [7, 11) is 0. The molecule has 2 aliphatic rings. The molecule has 6 nitrogen and oxygen atoms in total. The van der Waals surface area contributed by atoms with E-state index in [1.807, 2.05) is 48.5 Å². The van der Waals surface area contributed by atoms with E-state index in [4.69, 9.17) is 0 Å². The number of anilines is 2. The lowest BCUT2D eigenvalue weighted by Gasteiger charge is -2.29. The number of para-hydroxylation sites is 2. The molecule has 0 fully saturated rings. The lowest BCUT2D eigenvalue weighted by atomic mass is 9.78. The summed E-state index contributed by atoms with van der Waals surface area (Å²) in [5.41, 5.74) is 5.13. The second-order valence-corrected chi connectivity index (χ2v) is 7.93. The van der Waals surface area contributed by atoms with E-state index in [0.717, 1.165) is 22.6 Å². The zero-order valence-electron chi connectivity index (χ0n) is 16.7. The Hall–Kier alpha value is -3.93. The van der Waals surface area contributed by atoms with E-state index in [1.165, 1.54) is 6.07 Å². The van der Waals surface area contributed by atoms with Crippen LogP contribution in [0.15, 0.2) is 90.1 Å². The standard InChI is InChI=1S/C25H21N3O3/c29-23-15-18(16-7-2-1-3-8-16)14-22-24(23)25(17-9-6-10-19(13-17)28(30)31)27-21-12-5-4-11-20(21)26-22/h1-13,18,25-27H,14-15H2/t18-,25-/m1/s1. The summed E-state index contributed by atoms with van der Waals surface area (Å²) < 4.78 is 0. The van der Waals surface area contributed by atoms with Crippen molar-refractivity contribution < 1.29 is 9.72 Å². The number of benzene rings is 3. The number of nitro groups is 1. The number of non-ortho nitro benzene ring substituents is 1. The zero-order valence-corrected chi connectivity index (χ0v) is 16.7. The largest absolute Gasteiger partial charge is 0.372 e. The Morgan fingerprint density at radius 2 is 1.55 bits per heavy atom. The highest BCUT2D eigenvalue weighted by molar-refractivity contribution is 6.01. The number of Topliss-reactive ketones (excluding diaryl/α,β-unsaturated/α-hetero) is 1. The van der Waals surface area contributed by atoms with Crippen LogP contribution in [0.1, 0.15) is 35.9 Å². The maximum Gasteiger partial charge on any atom is 0.269 e. The van der Waals surface area contributed by atoms with Crippen molar-refractivity contribution >= 4 is 22.8 Å². The lowest BCUT2D eigenvalue weighted by molar-refractivity contribution is -0.384. The fourth-order valence-corrected chi connectivity index (χ4v) is 4.52. The molecule has 31 heavy (non-hydrogen) atoms. The van der Waals surface area contributed by atoms with Gasteiger partial charge in [-0.25, -0.2) is 0 Å². The lowest BCUT2D eigenvalue weighted by Crippen LogP contribution is -2.26. The van der Waals surface area contributed by atoms with Gasteiger partial charge in [0.1, 0.15) is 0 Å². The third kappa shape index (κ3) is 3.57. The van der Waals surface area contributed by atoms with Crippen LogP contribution in [-0.2, 0) is 4.79 Å². The third-order valence-electron chi connectivity index (χ3n) is 5.99. The summed E-state index contributed by atoms with van der Waals surface area (Å²) in [4.78, 5) is 24.4. The molecule has 0 spiro atoms. The number of nitrogens with one attached hydrogen (secondary N) is 2. The van der Waals surface area contributed by atoms with Crippen LogP contribution in [0.3, 0.4) is 0 Å². The van der Waals surface area contributed by atoms with E-state index in [1.54, 1.807) is 12.1 Å². The van der Waals surface area contributed by atoms with Crippen LogP contribution in [0, 0.1) is 10.1 Å². The topological polar surface area (TPSA) is 84.3 Å². The molecule has 2 N–H and O–H groups in total. The van der Waals surface area contributed by atoms with E-state index in [0.29, 0.717) is 24.0 Å². The fourth-order valence-electron chi connectivity index (χ4n) is 4.52. The van der Waals surface area contributed by atoms with Crippen LogP contribution in [-0.4, -0.2) is 10.7 Å². The molecular formula is C25H21N3O3. The summed E-state index contributed by atoms with van der Waals surface area (Å²) in [6.45, 7) is 0. The van der Waals surface area contributed by atoms with Crippen molar-refractivity contribution in [2.24, 2.45) is 0 Å². The van der Waals surface area contributed by atoms with Gasteiger partial charge in [0.15, 0.2) is 5.78 Å². The van der Waals surface area contributed by atoms with Crippen molar-refractivity contribution in [3.8, 4) is 0 Å². The molecule has 0 aromatic heterocycles. The number of carbonyl (C=O) groups is 1. The molecule has 6 heteroatoms. The Labute approximate surface area is 179 Å². The Kier molecular flexibility index (Phi) is 4.75. The minimum Gasteiger partial charge on any atom is -0.372 e. The van der Waals surface area contributed by atoms with Crippen LogP contribution in [0.4, 0.5) is 17.1 Å². The molecule has 1 heterocycles. The minimum atomic E-state index is -0.463. The highest BCUT2D eigenvalue weighted by Crippen LogP contribution is 2.44. The molecule has 1 aliphatic heterocycles. The summed E-state index contributed by atoms with van der Waals surface area (Å²) >= 11 is 0. The Morgan fingerprint density at radius 1 is 0.839 bits per heavy atom. The van der Waals surface area contributed by atoms with Crippen LogP contribution in [0.2, 0.25) is 0 Å². The number of allylic oxidation sites excluding steroid dienone is 1. The first-order valence-corrected chi connectivity index (χ1v) is 10.3. The number of hydrogen-bond acceptors (Lipinski definition) is 5. The second kappa shape index (κ2) is 7.72. The van der Waals surface area contributed by atoms with E-state index >= 15 is 0 Å². The monoisotopic (exact) mass is 411 g/mol.